The number of aromatic nitrogens is 1. The van der Waals surface area contributed by atoms with E-state index < -0.39 is 0 Å². The SMILES string of the molecule is CCc1ccc(Nc2nc(C(C)(C)C)cs2)cc1. The second kappa shape index (κ2) is 5.11. The molecule has 0 fully saturated rings. The first kappa shape index (κ1) is 13.1. The van der Waals surface area contributed by atoms with E-state index in [9.17, 15) is 0 Å². The summed E-state index contributed by atoms with van der Waals surface area (Å²) < 4.78 is 0. The van der Waals surface area contributed by atoms with Crippen LogP contribution in [0.25, 0.3) is 0 Å². The Bertz CT molecular complexity index is 506. The molecule has 0 spiro atoms. The van der Waals surface area contributed by atoms with Crippen LogP contribution in [0.2, 0.25) is 0 Å². The maximum Gasteiger partial charge on any atom is 0.187 e. The van der Waals surface area contributed by atoms with E-state index in [-0.39, 0.29) is 5.41 Å². The molecule has 18 heavy (non-hydrogen) atoms. The van der Waals surface area contributed by atoms with Gasteiger partial charge in [-0.25, -0.2) is 4.98 Å². The van der Waals surface area contributed by atoms with Crippen molar-refractivity contribution in [2.45, 2.75) is 39.5 Å². The normalized spacial score (nSPS) is 11.6. The van der Waals surface area contributed by atoms with Crippen molar-refractivity contribution in [2.75, 3.05) is 5.32 Å². The number of benzene rings is 1. The quantitative estimate of drug-likeness (QED) is 0.861. The molecule has 0 aliphatic carbocycles. The monoisotopic (exact) mass is 260 g/mol. The van der Waals surface area contributed by atoms with Crippen molar-refractivity contribution in [3.63, 3.8) is 0 Å². The lowest BCUT2D eigenvalue weighted by Gasteiger charge is -2.14. The fourth-order valence-corrected chi connectivity index (χ4v) is 2.58. The van der Waals surface area contributed by atoms with Crippen LogP contribution in [0.3, 0.4) is 0 Å². The Kier molecular flexibility index (Phi) is 3.71. The van der Waals surface area contributed by atoms with Gasteiger partial charge in [0, 0.05) is 16.5 Å². The van der Waals surface area contributed by atoms with Gasteiger partial charge in [-0.3, -0.25) is 0 Å². The number of hydrogen-bond donors (Lipinski definition) is 1. The summed E-state index contributed by atoms with van der Waals surface area (Å²) in [5.41, 5.74) is 3.71. The molecule has 2 aromatic rings. The zero-order valence-corrected chi connectivity index (χ0v) is 12.3. The van der Waals surface area contributed by atoms with Crippen molar-refractivity contribution >= 4 is 22.2 Å². The summed E-state index contributed by atoms with van der Waals surface area (Å²) in [5, 5.41) is 6.45. The van der Waals surface area contributed by atoms with E-state index in [2.05, 4.69) is 67.6 Å². The number of rotatable bonds is 3. The van der Waals surface area contributed by atoms with Crippen LogP contribution in [0, 0.1) is 0 Å². The molecule has 1 aromatic heterocycles. The van der Waals surface area contributed by atoms with Crippen LogP contribution in [-0.2, 0) is 11.8 Å². The Morgan fingerprint density at radius 1 is 1.17 bits per heavy atom. The maximum absolute atomic E-state index is 4.63. The molecule has 0 amide bonds. The van der Waals surface area contributed by atoms with Crippen molar-refractivity contribution in [1.29, 1.82) is 0 Å². The molecule has 1 N–H and O–H groups in total. The Morgan fingerprint density at radius 2 is 1.83 bits per heavy atom. The van der Waals surface area contributed by atoms with Crippen LogP contribution in [0.4, 0.5) is 10.8 Å². The van der Waals surface area contributed by atoms with E-state index in [1.807, 2.05) is 0 Å². The van der Waals surface area contributed by atoms with E-state index in [4.69, 9.17) is 0 Å². The van der Waals surface area contributed by atoms with Crippen molar-refractivity contribution in [1.82, 2.24) is 4.98 Å². The van der Waals surface area contributed by atoms with Crippen molar-refractivity contribution in [2.24, 2.45) is 0 Å². The van der Waals surface area contributed by atoms with Gasteiger partial charge in [-0.15, -0.1) is 11.3 Å². The number of aryl methyl sites for hydroxylation is 1. The molecule has 0 unspecified atom stereocenters. The molecule has 2 rings (SSSR count). The topological polar surface area (TPSA) is 24.9 Å². The molecule has 3 heteroatoms. The second-order valence-corrected chi connectivity index (χ2v) is 6.32. The number of hydrogen-bond acceptors (Lipinski definition) is 3. The van der Waals surface area contributed by atoms with Crippen molar-refractivity contribution < 1.29 is 0 Å². The van der Waals surface area contributed by atoms with E-state index in [0.717, 1.165) is 22.9 Å². The van der Waals surface area contributed by atoms with Crippen LogP contribution in [0.1, 0.15) is 39.0 Å². The molecule has 1 aromatic carbocycles. The van der Waals surface area contributed by atoms with Gasteiger partial charge in [0.15, 0.2) is 5.13 Å². The summed E-state index contributed by atoms with van der Waals surface area (Å²) in [6.45, 7) is 8.71. The molecule has 0 bridgehead atoms. The lowest BCUT2D eigenvalue weighted by Crippen LogP contribution is -2.11. The third kappa shape index (κ3) is 3.10. The van der Waals surface area contributed by atoms with E-state index in [1.165, 1.54) is 5.56 Å². The standard InChI is InChI=1S/C15H20N2S/c1-5-11-6-8-12(9-7-11)16-14-17-13(10-18-14)15(2,3)4/h6-10H,5H2,1-4H3,(H,16,17). The summed E-state index contributed by atoms with van der Waals surface area (Å²) in [4.78, 5) is 4.63. The Morgan fingerprint density at radius 3 is 2.33 bits per heavy atom. The first-order valence-corrected chi connectivity index (χ1v) is 7.19. The predicted molar refractivity (Wildman–Crippen MR) is 79.9 cm³/mol. The highest BCUT2D eigenvalue weighted by atomic mass is 32.1. The fourth-order valence-electron chi connectivity index (χ4n) is 1.62. The summed E-state index contributed by atoms with van der Waals surface area (Å²) in [7, 11) is 0. The molecule has 0 saturated carbocycles. The molecule has 0 atom stereocenters. The molecule has 0 saturated heterocycles. The van der Waals surface area contributed by atoms with Gasteiger partial charge in [0.25, 0.3) is 0 Å². The first-order valence-electron chi connectivity index (χ1n) is 6.31. The van der Waals surface area contributed by atoms with Gasteiger partial charge in [-0.1, -0.05) is 39.8 Å². The number of nitrogens with zero attached hydrogens (tertiary/aromatic N) is 1. The van der Waals surface area contributed by atoms with Crippen LogP contribution < -0.4 is 5.32 Å². The van der Waals surface area contributed by atoms with E-state index in [1.54, 1.807) is 11.3 Å². The third-order valence-corrected chi connectivity index (χ3v) is 3.64. The van der Waals surface area contributed by atoms with Gasteiger partial charge < -0.3 is 5.32 Å². The summed E-state index contributed by atoms with van der Waals surface area (Å²) >= 11 is 1.66. The molecule has 0 aliphatic heterocycles. The summed E-state index contributed by atoms with van der Waals surface area (Å²) in [6, 6.07) is 8.52. The van der Waals surface area contributed by atoms with Crippen LogP contribution in [-0.4, -0.2) is 4.98 Å². The van der Waals surface area contributed by atoms with Crippen LogP contribution in [0.15, 0.2) is 29.6 Å². The Balaban J connectivity index is 2.11. The van der Waals surface area contributed by atoms with Gasteiger partial charge in [-0.05, 0) is 24.1 Å². The lowest BCUT2D eigenvalue weighted by atomic mass is 9.93. The number of anilines is 2. The van der Waals surface area contributed by atoms with Gasteiger partial charge in [-0.2, -0.15) is 0 Å². The molecule has 0 radical (unpaired) electrons. The highest BCUT2D eigenvalue weighted by molar-refractivity contribution is 7.13. The third-order valence-electron chi connectivity index (χ3n) is 2.89. The highest BCUT2D eigenvalue weighted by Crippen LogP contribution is 2.28. The highest BCUT2D eigenvalue weighted by Gasteiger charge is 2.17. The molecular weight excluding hydrogens is 240 g/mol. The first-order chi connectivity index (χ1) is 8.49. The molecule has 0 aliphatic rings. The minimum absolute atomic E-state index is 0.114. The number of nitrogens with one attached hydrogen (secondary N) is 1. The summed E-state index contributed by atoms with van der Waals surface area (Å²) in [6.07, 6.45) is 1.08. The molecular formula is C15H20N2S. The van der Waals surface area contributed by atoms with Gasteiger partial charge in [0.2, 0.25) is 0 Å². The van der Waals surface area contributed by atoms with Gasteiger partial charge >= 0.3 is 0 Å². The smallest absolute Gasteiger partial charge is 0.187 e. The predicted octanol–water partition coefficient (Wildman–Crippen LogP) is 4.75. The van der Waals surface area contributed by atoms with Crippen LogP contribution in [0.5, 0.6) is 0 Å². The minimum Gasteiger partial charge on any atom is -0.332 e. The molecule has 96 valence electrons. The van der Waals surface area contributed by atoms with E-state index >= 15 is 0 Å². The zero-order chi connectivity index (χ0) is 13.2. The van der Waals surface area contributed by atoms with E-state index in [0.29, 0.717) is 0 Å². The fraction of sp³-hybridized carbons (Fsp3) is 0.400. The van der Waals surface area contributed by atoms with Gasteiger partial charge in [0.05, 0.1) is 5.69 Å². The maximum atomic E-state index is 4.63. The van der Waals surface area contributed by atoms with Gasteiger partial charge in [0.1, 0.15) is 0 Å². The number of thiazole rings is 1. The largest absolute Gasteiger partial charge is 0.332 e. The average Bonchev–Trinajstić information content (AvgIpc) is 2.78. The Labute approximate surface area is 113 Å². The minimum atomic E-state index is 0.114. The zero-order valence-electron chi connectivity index (χ0n) is 11.4. The Hall–Kier alpha value is -1.35. The summed E-state index contributed by atoms with van der Waals surface area (Å²) in [5.74, 6) is 0. The van der Waals surface area contributed by atoms with Crippen molar-refractivity contribution in [3.8, 4) is 0 Å². The van der Waals surface area contributed by atoms with Crippen LogP contribution >= 0.6 is 11.3 Å². The van der Waals surface area contributed by atoms with Crippen molar-refractivity contribution in [3.05, 3.63) is 40.9 Å². The molecule has 1 heterocycles. The molecule has 2 nitrogen and oxygen atoms in total. The lowest BCUT2D eigenvalue weighted by molar-refractivity contribution is 0.573. The second-order valence-electron chi connectivity index (χ2n) is 5.46. The average molecular weight is 260 g/mol.